The first-order valence-corrected chi connectivity index (χ1v) is 9.27. The SMILES string of the molecule is C=C1NCC2(CCN(C(=O)CCc3ccc(OCC(=O)OC)cc3)CC2)N1. The average molecular weight is 373 g/mol. The van der Waals surface area contributed by atoms with Gasteiger partial charge in [0.05, 0.1) is 18.5 Å². The highest BCUT2D eigenvalue weighted by molar-refractivity contribution is 5.76. The molecule has 7 nitrogen and oxygen atoms in total. The summed E-state index contributed by atoms with van der Waals surface area (Å²) in [5, 5.41) is 6.68. The predicted molar refractivity (Wildman–Crippen MR) is 101 cm³/mol. The number of carbonyl (C=O) groups excluding carboxylic acids is 2. The lowest BCUT2D eigenvalue weighted by molar-refractivity contribution is -0.143. The number of methoxy groups -OCH3 is 1. The van der Waals surface area contributed by atoms with Crippen LogP contribution in [0.2, 0.25) is 0 Å². The minimum Gasteiger partial charge on any atom is -0.482 e. The second-order valence-corrected chi connectivity index (χ2v) is 7.13. The number of amides is 1. The Labute approximate surface area is 159 Å². The van der Waals surface area contributed by atoms with E-state index in [0.717, 1.165) is 43.9 Å². The number of esters is 1. The summed E-state index contributed by atoms with van der Waals surface area (Å²) < 4.78 is 9.86. The Hall–Kier alpha value is -2.70. The lowest BCUT2D eigenvalue weighted by Crippen LogP contribution is -2.53. The van der Waals surface area contributed by atoms with Crippen molar-refractivity contribution in [3.05, 3.63) is 42.2 Å². The normalized spacial score (nSPS) is 18.0. The van der Waals surface area contributed by atoms with Gasteiger partial charge in [-0.3, -0.25) is 4.79 Å². The van der Waals surface area contributed by atoms with Crippen molar-refractivity contribution in [1.82, 2.24) is 15.5 Å². The van der Waals surface area contributed by atoms with Crippen molar-refractivity contribution >= 4 is 11.9 Å². The molecular weight excluding hydrogens is 346 g/mol. The fraction of sp³-hybridized carbons (Fsp3) is 0.500. The van der Waals surface area contributed by atoms with Gasteiger partial charge < -0.3 is 25.0 Å². The highest BCUT2D eigenvalue weighted by Crippen LogP contribution is 2.26. The molecule has 1 aromatic carbocycles. The Balaban J connectivity index is 1.41. The number of aryl methyl sites for hydroxylation is 1. The Morgan fingerprint density at radius 2 is 1.93 bits per heavy atom. The zero-order chi connectivity index (χ0) is 19.3. The van der Waals surface area contributed by atoms with E-state index in [9.17, 15) is 9.59 Å². The van der Waals surface area contributed by atoms with E-state index >= 15 is 0 Å². The molecule has 2 aliphatic rings. The van der Waals surface area contributed by atoms with Gasteiger partial charge in [-0.1, -0.05) is 18.7 Å². The maximum Gasteiger partial charge on any atom is 0.343 e. The smallest absolute Gasteiger partial charge is 0.343 e. The van der Waals surface area contributed by atoms with Crippen molar-refractivity contribution in [1.29, 1.82) is 0 Å². The van der Waals surface area contributed by atoms with Crippen molar-refractivity contribution in [3.63, 3.8) is 0 Å². The van der Waals surface area contributed by atoms with E-state index in [0.29, 0.717) is 18.6 Å². The molecule has 2 N–H and O–H groups in total. The van der Waals surface area contributed by atoms with Gasteiger partial charge >= 0.3 is 5.97 Å². The molecule has 2 aliphatic heterocycles. The van der Waals surface area contributed by atoms with Gasteiger partial charge in [-0.15, -0.1) is 0 Å². The highest BCUT2D eigenvalue weighted by Gasteiger charge is 2.39. The summed E-state index contributed by atoms with van der Waals surface area (Å²) in [6, 6.07) is 7.45. The zero-order valence-corrected chi connectivity index (χ0v) is 15.8. The minimum atomic E-state index is -0.416. The summed E-state index contributed by atoms with van der Waals surface area (Å²) in [7, 11) is 1.33. The van der Waals surface area contributed by atoms with Crippen LogP contribution in [0.5, 0.6) is 5.75 Å². The van der Waals surface area contributed by atoms with Crippen molar-refractivity contribution in [2.24, 2.45) is 0 Å². The third kappa shape index (κ3) is 4.93. The van der Waals surface area contributed by atoms with Crippen molar-refractivity contribution in [2.75, 3.05) is 33.4 Å². The first-order valence-electron chi connectivity index (χ1n) is 9.27. The van der Waals surface area contributed by atoms with Crippen LogP contribution in [0, 0.1) is 0 Å². The number of nitrogens with zero attached hydrogens (tertiary/aromatic N) is 1. The Morgan fingerprint density at radius 1 is 1.22 bits per heavy atom. The quantitative estimate of drug-likeness (QED) is 0.730. The van der Waals surface area contributed by atoms with Gasteiger partial charge in [-0.25, -0.2) is 4.79 Å². The molecular formula is C20H27N3O4. The second-order valence-electron chi connectivity index (χ2n) is 7.13. The summed E-state index contributed by atoms with van der Waals surface area (Å²) in [6.07, 6.45) is 3.07. The van der Waals surface area contributed by atoms with Gasteiger partial charge in [-0.05, 0) is 37.0 Å². The van der Waals surface area contributed by atoms with E-state index < -0.39 is 5.97 Å². The second kappa shape index (κ2) is 8.33. The molecule has 0 aliphatic carbocycles. The Kier molecular flexibility index (Phi) is 5.88. The van der Waals surface area contributed by atoms with Gasteiger partial charge in [-0.2, -0.15) is 0 Å². The summed E-state index contributed by atoms with van der Waals surface area (Å²) >= 11 is 0. The molecule has 0 unspecified atom stereocenters. The first kappa shape index (κ1) is 19.1. The lowest BCUT2D eigenvalue weighted by atomic mass is 9.88. The van der Waals surface area contributed by atoms with Crippen LogP contribution in [0.3, 0.4) is 0 Å². The van der Waals surface area contributed by atoms with Crippen LogP contribution >= 0.6 is 0 Å². The molecule has 0 atom stereocenters. The van der Waals surface area contributed by atoms with Gasteiger partial charge in [0.15, 0.2) is 6.61 Å². The van der Waals surface area contributed by atoms with E-state index in [2.05, 4.69) is 21.9 Å². The maximum absolute atomic E-state index is 12.5. The average Bonchev–Trinajstić information content (AvgIpc) is 3.05. The predicted octanol–water partition coefficient (Wildman–Crippen LogP) is 1.20. The van der Waals surface area contributed by atoms with E-state index in [1.807, 2.05) is 17.0 Å². The Morgan fingerprint density at radius 3 is 2.52 bits per heavy atom. The third-order valence-electron chi connectivity index (χ3n) is 5.26. The van der Waals surface area contributed by atoms with Crippen molar-refractivity contribution in [3.8, 4) is 5.75 Å². The van der Waals surface area contributed by atoms with Crippen LogP contribution in [-0.4, -0.2) is 55.7 Å². The largest absolute Gasteiger partial charge is 0.482 e. The number of benzene rings is 1. The van der Waals surface area contributed by atoms with Crippen LogP contribution in [0.1, 0.15) is 24.8 Å². The molecule has 2 saturated heterocycles. The molecule has 2 heterocycles. The van der Waals surface area contributed by atoms with Crippen LogP contribution in [-0.2, 0) is 20.7 Å². The number of rotatable bonds is 6. The molecule has 146 valence electrons. The van der Waals surface area contributed by atoms with Crippen LogP contribution in [0.4, 0.5) is 0 Å². The molecule has 7 heteroatoms. The number of likely N-dealkylation sites (tertiary alicyclic amines) is 1. The molecule has 2 fully saturated rings. The maximum atomic E-state index is 12.5. The monoisotopic (exact) mass is 373 g/mol. The van der Waals surface area contributed by atoms with Gasteiger partial charge in [0.1, 0.15) is 5.75 Å². The molecule has 27 heavy (non-hydrogen) atoms. The molecule has 1 spiro atoms. The number of piperidine rings is 1. The van der Waals surface area contributed by atoms with Crippen LogP contribution in [0.25, 0.3) is 0 Å². The van der Waals surface area contributed by atoms with E-state index in [4.69, 9.17) is 4.74 Å². The third-order valence-corrected chi connectivity index (χ3v) is 5.26. The molecule has 1 amide bonds. The standard InChI is InChI=1S/C20H27N3O4/c1-15-21-14-20(22-15)9-11-23(12-10-20)18(24)8-5-16-3-6-17(7-4-16)27-13-19(25)26-2/h3-4,6-7,21-22H,1,5,8-14H2,2H3. The number of ether oxygens (including phenoxy) is 2. The highest BCUT2D eigenvalue weighted by atomic mass is 16.6. The van der Waals surface area contributed by atoms with E-state index in [-0.39, 0.29) is 18.1 Å². The number of hydrogen-bond acceptors (Lipinski definition) is 6. The summed E-state index contributed by atoms with van der Waals surface area (Å²) in [4.78, 5) is 25.5. The van der Waals surface area contributed by atoms with Crippen molar-refractivity contribution < 1.29 is 19.1 Å². The fourth-order valence-corrected chi connectivity index (χ4v) is 3.53. The lowest BCUT2D eigenvalue weighted by Gasteiger charge is -2.39. The molecule has 0 bridgehead atoms. The molecule has 0 aromatic heterocycles. The van der Waals surface area contributed by atoms with Gasteiger partial charge in [0.2, 0.25) is 5.91 Å². The molecule has 0 saturated carbocycles. The fourth-order valence-electron chi connectivity index (χ4n) is 3.53. The Bertz CT molecular complexity index is 694. The summed E-state index contributed by atoms with van der Waals surface area (Å²) in [5.41, 5.74) is 1.13. The minimum absolute atomic E-state index is 0.0634. The summed E-state index contributed by atoms with van der Waals surface area (Å²) in [6.45, 7) is 6.25. The number of carbonyl (C=O) groups is 2. The van der Waals surface area contributed by atoms with Crippen molar-refractivity contribution in [2.45, 2.75) is 31.2 Å². The van der Waals surface area contributed by atoms with Gasteiger partial charge in [0.25, 0.3) is 0 Å². The zero-order valence-electron chi connectivity index (χ0n) is 15.8. The molecule has 3 rings (SSSR count). The van der Waals surface area contributed by atoms with Gasteiger partial charge in [0, 0.05) is 26.1 Å². The topological polar surface area (TPSA) is 79.9 Å². The first-order chi connectivity index (χ1) is 13.0. The number of hydrogen-bond donors (Lipinski definition) is 2. The molecule has 1 aromatic rings. The van der Waals surface area contributed by atoms with E-state index in [1.54, 1.807) is 12.1 Å². The molecule has 0 radical (unpaired) electrons. The van der Waals surface area contributed by atoms with Crippen LogP contribution in [0.15, 0.2) is 36.7 Å². The van der Waals surface area contributed by atoms with Crippen LogP contribution < -0.4 is 15.4 Å². The summed E-state index contributed by atoms with van der Waals surface area (Å²) in [5.74, 6) is 1.27. The number of nitrogens with one attached hydrogen (secondary N) is 2. The van der Waals surface area contributed by atoms with E-state index in [1.165, 1.54) is 7.11 Å².